The standard InChI is InChI=1S/C17H27N3O5S/c1-3-25-15-8-7-13(19-17(21)14(18)12-24-2)11-16(15)26(22,23)20-9-5-4-6-10-20/h7-8,11,14H,3-6,9-10,12,18H2,1-2H3,(H,19,21). The highest BCUT2D eigenvalue weighted by molar-refractivity contribution is 7.89. The minimum atomic E-state index is -3.70. The van der Waals surface area contributed by atoms with Crippen molar-refractivity contribution in [3.63, 3.8) is 0 Å². The van der Waals surface area contributed by atoms with Crippen molar-refractivity contribution in [3.8, 4) is 5.75 Å². The van der Waals surface area contributed by atoms with E-state index in [1.807, 2.05) is 0 Å². The van der Waals surface area contributed by atoms with Crippen molar-refractivity contribution in [2.45, 2.75) is 37.1 Å². The number of methoxy groups -OCH3 is 1. The molecule has 3 N–H and O–H groups in total. The van der Waals surface area contributed by atoms with Gasteiger partial charge in [0.1, 0.15) is 16.7 Å². The van der Waals surface area contributed by atoms with Crippen LogP contribution in [-0.4, -0.2) is 58.1 Å². The Morgan fingerprint density at radius 1 is 1.31 bits per heavy atom. The van der Waals surface area contributed by atoms with Gasteiger partial charge in [0.25, 0.3) is 0 Å². The van der Waals surface area contributed by atoms with E-state index in [1.165, 1.54) is 17.5 Å². The lowest BCUT2D eigenvalue weighted by Crippen LogP contribution is -2.39. The zero-order chi connectivity index (χ0) is 19.2. The van der Waals surface area contributed by atoms with Gasteiger partial charge in [0.05, 0.1) is 13.2 Å². The van der Waals surface area contributed by atoms with Crippen molar-refractivity contribution < 1.29 is 22.7 Å². The molecule has 2 rings (SSSR count). The Morgan fingerprint density at radius 2 is 2.00 bits per heavy atom. The van der Waals surface area contributed by atoms with E-state index in [4.69, 9.17) is 15.2 Å². The number of piperidine rings is 1. The van der Waals surface area contributed by atoms with Gasteiger partial charge in [-0.05, 0) is 38.0 Å². The molecule has 1 unspecified atom stereocenters. The Kier molecular flexibility index (Phi) is 7.39. The van der Waals surface area contributed by atoms with Gasteiger partial charge in [0.15, 0.2) is 0 Å². The molecule has 8 nitrogen and oxygen atoms in total. The second-order valence-corrected chi connectivity index (χ2v) is 8.02. The van der Waals surface area contributed by atoms with Crippen LogP contribution in [0.5, 0.6) is 5.75 Å². The molecule has 0 aliphatic carbocycles. The predicted octanol–water partition coefficient (Wildman–Crippen LogP) is 1.17. The number of hydrogen-bond acceptors (Lipinski definition) is 6. The lowest BCUT2D eigenvalue weighted by atomic mass is 10.2. The molecule has 1 heterocycles. The molecule has 0 bridgehead atoms. The van der Waals surface area contributed by atoms with Gasteiger partial charge in [0.2, 0.25) is 15.9 Å². The van der Waals surface area contributed by atoms with Crippen molar-refractivity contribution in [2.75, 3.05) is 38.7 Å². The maximum Gasteiger partial charge on any atom is 0.246 e. The van der Waals surface area contributed by atoms with Crippen LogP contribution in [-0.2, 0) is 19.6 Å². The number of nitrogens with one attached hydrogen (secondary N) is 1. The fourth-order valence-electron chi connectivity index (χ4n) is 2.80. The van der Waals surface area contributed by atoms with Gasteiger partial charge >= 0.3 is 0 Å². The average Bonchev–Trinajstić information content (AvgIpc) is 2.64. The highest BCUT2D eigenvalue weighted by Crippen LogP contribution is 2.31. The molecule has 146 valence electrons. The van der Waals surface area contributed by atoms with Gasteiger partial charge in [-0.2, -0.15) is 4.31 Å². The first-order valence-electron chi connectivity index (χ1n) is 8.72. The number of anilines is 1. The maximum atomic E-state index is 13.0. The first-order chi connectivity index (χ1) is 12.4. The third-order valence-corrected chi connectivity index (χ3v) is 6.05. The normalized spacial score (nSPS) is 16.9. The highest BCUT2D eigenvalue weighted by atomic mass is 32.2. The maximum absolute atomic E-state index is 13.0. The minimum absolute atomic E-state index is 0.0550. The number of hydrogen-bond donors (Lipinski definition) is 2. The summed E-state index contributed by atoms with van der Waals surface area (Å²) in [4.78, 5) is 12.1. The van der Waals surface area contributed by atoms with Crippen LogP contribution in [0.3, 0.4) is 0 Å². The Bertz CT molecular complexity index is 717. The second-order valence-electron chi connectivity index (χ2n) is 6.11. The van der Waals surface area contributed by atoms with E-state index in [0.29, 0.717) is 25.4 Å². The van der Waals surface area contributed by atoms with Crippen molar-refractivity contribution >= 4 is 21.6 Å². The Labute approximate surface area is 154 Å². The third-order valence-electron chi connectivity index (χ3n) is 4.13. The number of amides is 1. The lowest BCUT2D eigenvalue weighted by molar-refractivity contribution is -0.118. The van der Waals surface area contributed by atoms with Crippen molar-refractivity contribution in [1.82, 2.24) is 4.31 Å². The number of sulfonamides is 1. The summed E-state index contributed by atoms with van der Waals surface area (Å²) in [6.07, 6.45) is 2.70. The molecule has 0 aromatic heterocycles. The Hall–Kier alpha value is -1.68. The molecule has 1 amide bonds. The largest absolute Gasteiger partial charge is 0.492 e. The summed E-state index contributed by atoms with van der Waals surface area (Å²) in [6.45, 7) is 3.18. The van der Waals surface area contributed by atoms with Crippen molar-refractivity contribution in [1.29, 1.82) is 0 Å². The van der Waals surface area contributed by atoms with Gasteiger partial charge in [-0.15, -0.1) is 0 Å². The average molecular weight is 385 g/mol. The molecule has 1 aliphatic heterocycles. The number of ether oxygens (including phenoxy) is 2. The number of rotatable bonds is 8. The summed E-state index contributed by atoms with van der Waals surface area (Å²) in [5.74, 6) is -0.172. The van der Waals surface area contributed by atoms with E-state index in [9.17, 15) is 13.2 Å². The minimum Gasteiger partial charge on any atom is -0.492 e. The van der Waals surface area contributed by atoms with Crippen LogP contribution in [0.2, 0.25) is 0 Å². The van der Waals surface area contributed by atoms with Crippen LogP contribution in [0, 0.1) is 0 Å². The summed E-state index contributed by atoms with van der Waals surface area (Å²) < 4.78 is 37.9. The van der Waals surface area contributed by atoms with E-state index in [2.05, 4.69) is 5.32 Å². The molecule has 1 aliphatic rings. The topological polar surface area (TPSA) is 111 Å². The molecule has 0 saturated carbocycles. The zero-order valence-electron chi connectivity index (χ0n) is 15.2. The van der Waals surface area contributed by atoms with Crippen LogP contribution >= 0.6 is 0 Å². The zero-order valence-corrected chi connectivity index (χ0v) is 16.0. The van der Waals surface area contributed by atoms with E-state index >= 15 is 0 Å². The van der Waals surface area contributed by atoms with E-state index in [0.717, 1.165) is 19.3 Å². The number of benzene rings is 1. The quantitative estimate of drug-likeness (QED) is 0.695. The summed E-state index contributed by atoms with van der Waals surface area (Å²) in [6, 6.07) is 3.73. The molecule has 26 heavy (non-hydrogen) atoms. The predicted molar refractivity (Wildman–Crippen MR) is 98.7 cm³/mol. The highest BCUT2D eigenvalue weighted by Gasteiger charge is 2.29. The summed E-state index contributed by atoms with van der Waals surface area (Å²) in [7, 11) is -2.25. The number of carbonyl (C=O) groups is 1. The van der Waals surface area contributed by atoms with Crippen molar-refractivity contribution in [2.24, 2.45) is 5.73 Å². The monoisotopic (exact) mass is 385 g/mol. The molecular formula is C17H27N3O5S. The van der Waals surface area contributed by atoms with Gasteiger partial charge in [-0.3, -0.25) is 4.79 Å². The molecule has 9 heteroatoms. The van der Waals surface area contributed by atoms with Gasteiger partial charge in [-0.1, -0.05) is 6.42 Å². The first-order valence-corrected chi connectivity index (χ1v) is 10.2. The van der Waals surface area contributed by atoms with Gasteiger partial charge in [0, 0.05) is 25.9 Å². The molecule has 1 aromatic rings. The smallest absolute Gasteiger partial charge is 0.246 e. The van der Waals surface area contributed by atoms with E-state index in [-0.39, 0.29) is 17.3 Å². The summed E-state index contributed by atoms with van der Waals surface area (Å²) >= 11 is 0. The molecule has 1 atom stereocenters. The van der Waals surface area contributed by atoms with Crippen LogP contribution in [0.25, 0.3) is 0 Å². The fourth-order valence-corrected chi connectivity index (χ4v) is 4.47. The molecular weight excluding hydrogens is 358 g/mol. The SMILES string of the molecule is CCOc1ccc(NC(=O)C(N)COC)cc1S(=O)(=O)N1CCCCC1. The molecule has 1 saturated heterocycles. The van der Waals surface area contributed by atoms with Crippen LogP contribution in [0.1, 0.15) is 26.2 Å². The van der Waals surface area contributed by atoms with E-state index in [1.54, 1.807) is 19.1 Å². The molecule has 0 spiro atoms. The van der Waals surface area contributed by atoms with Crippen LogP contribution in [0.15, 0.2) is 23.1 Å². The van der Waals surface area contributed by atoms with Gasteiger partial charge < -0.3 is 20.5 Å². The molecule has 1 fully saturated rings. The van der Waals surface area contributed by atoms with Crippen LogP contribution in [0.4, 0.5) is 5.69 Å². The Morgan fingerprint density at radius 3 is 2.62 bits per heavy atom. The summed E-state index contributed by atoms with van der Waals surface area (Å²) in [5, 5.41) is 2.63. The molecule has 0 radical (unpaired) electrons. The first kappa shape index (κ1) is 20.6. The number of carbonyl (C=O) groups excluding carboxylic acids is 1. The number of nitrogens with zero attached hydrogens (tertiary/aromatic N) is 1. The van der Waals surface area contributed by atoms with Gasteiger partial charge in [-0.25, -0.2) is 8.42 Å². The van der Waals surface area contributed by atoms with E-state index < -0.39 is 22.0 Å². The Balaban J connectivity index is 2.31. The molecule has 1 aromatic carbocycles. The fraction of sp³-hybridized carbons (Fsp3) is 0.588. The lowest BCUT2D eigenvalue weighted by Gasteiger charge is -2.27. The summed E-state index contributed by atoms with van der Waals surface area (Å²) in [5.41, 5.74) is 6.05. The second kappa shape index (κ2) is 9.31. The third kappa shape index (κ3) is 4.94. The number of nitrogens with two attached hydrogens (primary N) is 1. The van der Waals surface area contributed by atoms with Crippen LogP contribution < -0.4 is 15.8 Å². The van der Waals surface area contributed by atoms with Crippen molar-refractivity contribution in [3.05, 3.63) is 18.2 Å².